The first-order chi connectivity index (χ1) is 12.7. The van der Waals surface area contributed by atoms with Crippen LogP contribution in [-0.4, -0.2) is 53.7 Å². The minimum atomic E-state index is 0.143. The molecule has 3 heterocycles. The third kappa shape index (κ3) is 4.35. The summed E-state index contributed by atoms with van der Waals surface area (Å²) in [6.45, 7) is 4.24. The van der Waals surface area contributed by atoms with E-state index in [4.69, 9.17) is 0 Å². The highest BCUT2D eigenvalue weighted by Crippen LogP contribution is 2.35. The molecule has 1 aliphatic carbocycles. The van der Waals surface area contributed by atoms with Crippen molar-refractivity contribution in [2.24, 2.45) is 11.8 Å². The summed E-state index contributed by atoms with van der Waals surface area (Å²) in [5.74, 6) is 1.95. The van der Waals surface area contributed by atoms with E-state index in [-0.39, 0.29) is 11.7 Å². The van der Waals surface area contributed by atoms with Crippen molar-refractivity contribution in [3.05, 3.63) is 35.9 Å². The Morgan fingerprint density at radius 2 is 1.73 bits per heavy atom. The zero-order valence-electron chi connectivity index (χ0n) is 15.6. The molecule has 0 aromatic heterocycles. The average molecular weight is 354 g/mol. The van der Waals surface area contributed by atoms with Crippen LogP contribution in [0, 0.1) is 11.8 Å². The summed E-state index contributed by atoms with van der Waals surface area (Å²) in [6, 6.07) is 9.96. The van der Waals surface area contributed by atoms with Gasteiger partial charge < -0.3 is 4.90 Å². The van der Waals surface area contributed by atoms with Gasteiger partial charge in [-0.1, -0.05) is 30.3 Å². The van der Waals surface area contributed by atoms with Crippen LogP contribution in [0.25, 0.3) is 0 Å². The Kier molecular flexibility index (Phi) is 5.39. The van der Waals surface area contributed by atoms with E-state index < -0.39 is 0 Å². The number of piperidine rings is 1. The minimum absolute atomic E-state index is 0.143. The minimum Gasteiger partial charge on any atom is -0.341 e. The average Bonchev–Trinajstić information content (AvgIpc) is 3.50. The second-order valence-corrected chi connectivity index (χ2v) is 8.44. The van der Waals surface area contributed by atoms with Crippen molar-refractivity contribution in [3.8, 4) is 0 Å². The Bertz CT molecular complexity index is 641. The smallest absolute Gasteiger partial charge is 0.222 e. The second kappa shape index (κ2) is 7.91. The first-order valence-corrected chi connectivity index (χ1v) is 10.3. The zero-order chi connectivity index (χ0) is 17.9. The monoisotopic (exact) mass is 354 g/mol. The third-order valence-corrected chi connectivity index (χ3v) is 6.26. The van der Waals surface area contributed by atoms with Crippen LogP contribution in [0.4, 0.5) is 0 Å². The molecule has 1 amide bonds. The summed E-state index contributed by atoms with van der Waals surface area (Å²) in [4.78, 5) is 29.7. The molecule has 2 bridgehead atoms. The molecule has 0 N–H and O–H groups in total. The molecule has 0 spiro atoms. The number of rotatable bonds is 7. The van der Waals surface area contributed by atoms with Crippen LogP contribution in [0.2, 0.25) is 0 Å². The molecule has 3 aliphatic heterocycles. The fraction of sp³-hybridized carbons (Fsp3) is 0.636. The van der Waals surface area contributed by atoms with E-state index >= 15 is 0 Å². The van der Waals surface area contributed by atoms with Crippen molar-refractivity contribution in [3.63, 3.8) is 0 Å². The lowest BCUT2D eigenvalue weighted by atomic mass is 9.95. The highest BCUT2D eigenvalue weighted by molar-refractivity contribution is 5.96. The van der Waals surface area contributed by atoms with Crippen LogP contribution in [0.1, 0.15) is 55.3 Å². The van der Waals surface area contributed by atoms with E-state index in [1.807, 2.05) is 30.3 Å². The van der Waals surface area contributed by atoms with Crippen LogP contribution in [0.3, 0.4) is 0 Å². The normalized spacial score (nSPS) is 25.9. The summed E-state index contributed by atoms with van der Waals surface area (Å²) in [6.07, 6.45) is 6.92. The van der Waals surface area contributed by atoms with Gasteiger partial charge in [0.25, 0.3) is 0 Å². The molecule has 5 rings (SSSR count). The van der Waals surface area contributed by atoms with E-state index in [0.717, 1.165) is 24.6 Å². The third-order valence-electron chi connectivity index (χ3n) is 6.26. The fourth-order valence-electron chi connectivity index (χ4n) is 4.57. The number of hydrogen-bond donors (Lipinski definition) is 0. The van der Waals surface area contributed by atoms with Crippen LogP contribution < -0.4 is 0 Å². The molecule has 3 saturated heterocycles. The Labute approximate surface area is 156 Å². The molecule has 4 heteroatoms. The molecule has 26 heavy (non-hydrogen) atoms. The number of hydrogen-bond acceptors (Lipinski definition) is 3. The lowest BCUT2D eigenvalue weighted by molar-refractivity contribution is -0.131. The molecular weight excluding hydrogens is 324 g/mol. The van der Waals surface area contributed by atoms with Crippen molar-refractivity contribution in [2.75, 3.05) is 26.2 Å². The molecule has 0 radical (unpaired) electrons. The Hall–Kier alpha value is -1.68. The van der Waals surface area contributed by atoms with Gasteiger partial charge in [-0.2, -0.15) is 0 Å². The van der Waals surface area contributed by atoms with Gasteiger partial charge in [0.05, 0.1) is 0 Å². The van der Waals surface area contributed by atoms with Crippen molar-refractivity contribution in [2.45, 2.75) is 51.0 Å². The topological polar surface area (TPSA) is 40.6 Å². The number of carbonyl (C=O) groups excluding carboxylic acids is 2. The quantitative estimate of drug-likeness (QED) is 0.705. The predicted molar refractivity (Wildman–Crippen MR) is 102 cm³/mol. The standard InChI is InChI=1S/C22H30N2O2/c25-21(19-5-2-1-3-6-19)7-4-8-22(26)24-15-18-11-12-20(16-24)23(14-18)13-17-9-10-17/h1-3,5-6,17-18,20H,4,7-16H2/t18-,20-/m1/s1. The number of fused-ring (bicyclic) bond motifs is 4. The maximum Gasteiger partial charge on any atom is 0.222 e. The zero-order valence-corrected chi connectivity index (χ0v) is 15.6. The van der Waals surface area contributed by atoms with Crippen LogP contribution >= 0.6 is 0 Å². The molecule has 140 valence electrons. The second-order valence-electron chi connectivity index (χ2n) is 8.44. The summed E-state index contributed by atoms with van der Waals surface area (Å²) >= 11 is 0. The van der Waals surface area contributed by atoms with Gasteiger partial charge in [-0.05, 0) is 43.9 Å². The SMILES string of the molecule is O=C(CCCC(=O)N1C[C@@H]2CC[C@H](C1)N(CC1CC1)C2)c1ccccc1. The number of benzene rings is 1. The largest absolute Gasteiger partial charge is 0.341 e. The number of carbonyl (C=O) groups is 2. The Morgan fingerprint density at radius 1 is 0.923 bits per heavy atom. The van der Waals surface area contributed by atoms with E-state index in [0.29, 0.717) is 31.2 Å². The highest BCUT2D eigenvalue weighted by Gasteiger charge is 2.38. The van der Waals surface area contributed by atoms with Crippen molar-refractivity contribution < 1.29 is 9.59 Å². The lowest BCUT2D eigenvalue weighted by Crippen LogP contribution is -2.45. The number of Topliss-reactive ketones (excluding diaryl/α,β-unsaturated/α-hetero) is 1. The van der Waals surface area contributed by atoms with E-state index in [2.05, 4.69) is 9.80 Å². The van der Waals surface area contributed by atoms with Crippen molar-refractivity contribution in [1.82, 2.24) is 9.80 Å². The lowest BCUT2D eigenvalue weighted by Gasteiger charge is -2.36. The molecule has 1 aromatic rings. The first-order valence-electron chi connectivity index (χ1n) is 10.3. The fourth-order valence-corrected chi connectivity index (χ4v) is 4.57. The summed E-state index contributed by atoms with van der Waals surface area (Å²) in [7, 11) is 0. The molecule has 4 nitrogen and oxygen atoms in total. The van der Waals surface area contributed by atoms with Crippen LogP contribution in [0.15, 0.2) is 30.3 Å². The van der Waals surface area contributed by atoms with Gasteiger partial charge in [0.2, 0.25) is 5.91 Å². The van der Waals surface area contributed by atoms with E-state index in [1.54, 1.807) is 0 Å². The molecule has 4 aliphatic rings. The van der Waals surface area contributed by atoms with Gasteiger partial charge in [0.1, 0.15) is 0 Å². The van der Waals surface area contributed by atoms with Gasteiger partial charge in [0.15, 0.2) is 5.78 Å². The van der Waals surface area contributed by atoms with Gasteiger partial charge in [-0.3, -0.25) is 14.5 Å². The first kappa shape index (κ1) is 17.7. The van der Waals surface area contributed by atoms with Crippen molar-refractivity contribution in [1.29, 1.82) is 0 Å². The molecule has 4 fully saturated rings. The van der Waals surface area contributed by atoms with E-state index in [9.17, 15) is 9.59 Å². The summed E-state index contributed by atoms with van der Waals surface area (Å²) in [5.41, 5.74) is 0.753. The molecule has 1 saturated carbocycles. The molecule has 2 atom stereocenters. The number of amides is 1. The van der Waals surface area contributed by atoms with Crippen LogP contribution in [-0.2, 0) is 4.79 Å². The van der Waals surface area contributed by atoms with E-state index in [1.165, 1.54) is 38.8 Å². The summed E-state index contributed by atoms with van der Waals surface area (Å²) < 4.78 is 0. The molecule has 1 aromatic carbocycles. The Morgan fingerprint density at radius 3 is 2.50 bits per heavy atom. The summed E-state index contributed by atoms with van der Waals surface area (Å²) in [5, 5.41) is 0. The van der Waals surface area contributed by atoms with Crippen LogP contribution in [0.5, 0.6) is 0 Å². The highest BCUT2D eigenvalue weighted by atomic mass is 16.2. The van der Waals surface area contributed by atoms with Gasteiger partial charge in [-0.25, -0.2) is 0 Å². The molecule has 0 unspecified atom stereocenters. The van der Waals surface area contributed by atoms with Gasteiger partial charge in [-0.15, -0.1) is 0 Å². The van der Waals surface area contributed by atoms with Gasteiger partial charge in [0, 0.05) is 50.6 Å². The maximum absolute atomic E-state index is 12.7. The maximum atomic E-state index is 12.7. The predicted octanol–water partition coefficient (Wildman–Crippen LogP) is 3.37. The molecular formula is C22H30N2O2. The number of ketones is 1. The number of nitrogens with zero attached hydrogens (tertiary/aromatic N) is 2. The van der Waals surface area contributed by atoms with Crippen molar-refractivity contribution >= 4 is 11.7 Å². The Balaban J connectivity index is 1.26. The van der Waals surface area contributed by atoms with Gasteiger partial charge >= 0.3 is 0 Å².